The van der Waals surface area contributed by atoms with Crippen LogP contribution in [0.3, 0.4) is 0 Å². The van der Waals surface area contributed by atoms with Gasteiger partial charge in [0.15, 0.2) is 0 Å². The first-order chi connectivity index (χ1) is 15.2. The van der Waals surface area contributed by atoms with Gasteiger partial charge in [0.1, 0.15) is 0 Å². The van der Waals surface area contributed by atoms with E-state index in [9.17, 15) is 18.0 Å². The maximum absolute atomic E-state index is 12.7. The lowest BCUT2D eigenvalue weighted by atomic mass is 10.2. The zero-order valence-electron chi connectivity index (χ0n) is 17.7. The Morgan fingerprint density at radius 2 is 2.00 bits per heavy atom. The van der Waals surface area contributed by atoms with Crippen molar-refractivity contribution in [3.63, 3.8) is 0 Å². The van der Waals surface area contributed by atoms with E-state index in [0.29, 0.717) is 33.6 Å². The molecule has 2 N–H and O–H groups in total. The molecule has 0 aliphatic carbocycles. The third-order valence-corrected chi connectivity index (χ3v) is 6.94. The van der Waals surface area contributed by atoms with Gasteiger partial charge in [0.25, 0.3) is 0 Å². The molecule has 2 aromatic heterocycles. The molecule has 0 bridgehead atoms. The maximum Gasteiger partial charge on any atom is 0.338 e. The number of aryl methyl sites for hydroxylation is 2. The van der Waals surface area contributed by atoms with E-state index in [2.05, 4.69) is 20.2 Å². The van der Waals surface area contributed by atoms with Gasteiger partial charge in [-0.1, -0.05) is 18.1 Å². The number of esters is 1. The summed E-state index contributed by atoms with van der Waals surface area (Å²) in [5, 5.41) is 6.41. The minimum atomic E-state index is -3.95. The van der Waals surface area contributed by atoms with E-state index < -0.39 is 28.4 Å². The number of nitrogens with zero attached hydrogens (tertiary/aromatic N) is 2. The Morgan fingerprint density at radius 3 is 2.69 bits per heavy atom. The van der Waals surface area contributed by atoms with Gasteiger partial charge < -0.3 is 14.6 Å². The highest BCUT2D eigenvalue weighted by atomic mass is 32.2. The number of benzene rings is 1. The minimum Gasteiger partial charge on any atom is -0.462 e. The van der Waals surface area contributed by atoms with Gasteiger partial charge in [-0.15, -0.1) is 11.3 Å². The molecule has 0 unspecified atom stereocenters. The largest absolute Gasteiger partial charge is 0.462 e. The van der Waals surface area contributed by atoms with Crippen molar-refractivity contribution in [2.45, 2.75) is 32.1 Å². The number of anilines is 1. The third kappa shape index (κ3) is 5.58. The van der Waals surface area contributed by atoms with Crippen LogP contribution in [0.1, 0.15) is 35.0 Å². The van der Waals surface area contributed by atoms with E-state index in [4.69, 9.17) is 9.26 Å². The zero-order chi connectivity index (χ0) is 23.3. The Labute approximate surface area is 189 Å². The molecule has 1 amide bonds. The zero-order valence-corrected chi connectivity index (χ0v) is 19.3. The Bertz CT molecular complexity index is 1230. The molecule has 0 spiro atoms. The SMILES string of the molecule is CCOC(=O)c1cccc(NC(=O)CNS(=O)(=O)c2cc(-c3noc(CC)n3)sc2C)c1. The molecule has 0 atom stereocenters. The molecule has 12 heteroatoms. The molecule has 0 radical (unpaired) electrons. The summed E-state index contributed by atoms with van der Waals surface area (Å²) in [6, 6.07) is 7.63. The van der Waals surface area contributed by atoms with Crippen molar-refractivity contribution in [1.82, 2.24) is 14.9 Å². The van der Waals surface area contributed by atoms with Crippen LogP contribution in [0.5, 0.6) is 0 Å². The third-order valence-electron chi connectivity index (χ3n) is 4.23. The fourth-order valence-electron chi connectivity index (χ4n) is 2.72. The average Bonchev–Trinajstić information content (AvgIpc) is 3.39. The molecule has 0 saturated heterocycles. The van der Waals surface area contributed by atoms with Gasteiger partial charge in [-0.25, -0.2) is 17.9 Å². The number of rotatable bonds is 9. The minimum absolute atomic E-state index is 0.0393. The summed E-state index contributed by atoms with van der Waals surface area (Å²) in [7, 11) is -3.95. The number of ether oxygens (including phenoxy) is 1. The predicted molar refractivity (Wildman–Crippen MR) is 118 cm³/mol. The van der Waals surface area contributed by atoms with Crippen LogP contribution in [0, 0.1) is 6.92 Å². The molecule has 1 aromatic carbocycles. The first kappa shape index (κ1) is 23.6. The van der Waals surface area contributed by atoms with Crippen molar-refractivity contribution >= 4 is 38.9 Å². The van der Waals surface area contributed by atoms with E-state index in [-0.39, 0.29) is 17.1 Å². The van der Waals surface area contributed by atoms with Crippen LogP contribution in [-0.2, 0) is 26.0 Å². The van der Waals surface area contributed by atoms with Gasteiger partial charge in [-0.05, 0) is 38.1 Å². The molecule has 0 saturated carbocycles. The Morgan fingerprint density at radius 1 is 1.22 bits per heavy atom. The Balaban J connectivity index is 1.66. The molecule has 170 valence electrons. The first-order valence-electron chi connectivity index (χ1n) is 9.73. The molecule has 3 rings (SSSR count). The fourth-order valence-corrected chi connectivity index (χ4v) is 5.22. The van der Waals surface area contributed by atoms with Crippen molar-refractivity contribution < 1.29 is 27.3 Å². The second-order valence-electron chi connectivity index (χ2n) is 6.57. The monoisotopic (exact) mass is 478 g/mol. The van der Waals surface area contributed by atoms with Gasteiger partial charge >= 0.3 is 5.97 Å². The summed E-state index contributed by atoms with van der Waals surface area (Å²) in [6.07, 6.45) is 0.571. The molecule has 0 fully saturated rings. The lowest BCUT2D eigenvalue weighted by Crippen LogP contribution is -2.33. The average molecular weight is 479 g/mol. The van der Waals surface area contributed by atoms with E-state index in [1.807, 2.05) is 6.92 Å². The number of carbonyl (C=O) groups is 2. The van der Waals surface area contributed by atoms with Crippen molar-refractivity contribution in [2.75, 3.05) is 18.5 Å². The van der Waals surface area contributed by atoms with E-state index >= 15 is 0 Å². The van der Waals surface area contributed by atoms with Crippen molar-refractivity contribution in [3.8, 4) is 10.7 Å². The van der Waals surface area contributed by atoms with Crippen LogP contribution in [-0.4, -0.2) is 43.6 Å². The maximum atomic E-state index is 12.7. The van der Waals surface area contributed by atoms with E-state index in [1.165, 1.54) is 23.5 Å². The number of amides is 1. The second-order valence-corrected chi connectivity index (χ2v) is 9.56. The second kappa shape index (κ2) is 10.0. The summed E-state index contributed by atoms with van der Waals surface area (Å²) in [6.45, 7) is 4.96. The van der Waals surface area contributed by atoms with Gasteiger partial charge in [0.2, 0.25) is 27.6 Å². The Hall–Kier alpha value is -3.09. The van der Waals surface area contributed by atoms with Crippen LogP contribution in [0.2, 0.25) is 0 Å². The molecule has 0 aliphatic heterocycles. The van der Waals surface area contributed by atoms with E-state index in [0.717, 1.165) is 0 Å². The topological polar surface area (TPSA) is 140 Å². The number of carbonyl (C=O) groups excluding carboxylic acids is 2. The van der Waals surface area contributed by atoms with Crippen molar-refractivity contribution in [2.24, 2.45) is 0 Å². The standard InChI is InChI=1S/C20H22N4O6S2/c1-4-18-23-19(24-30-18)15-10-16(12(3)31-15)32(27,28)21-11-17(25)22-14-8-6-7-13(9-14)20(26)29-5-2/h6-10,21H,4-5,11H2,1-3H3,(H,22,25). The van der Waals surface area contributed by atoms with Gasteiger partial charge in [-0.2, -0.15) is 4.98 Å². The summed E-state index contributed by atoms with van der Waals surface area (Å²) in [5.74, 6) is -0.331. The summed E-state index contributed by atoms with van der Waals surface area (Å²) in [5.41, 5.74) is 0.622. The van der Waals surface area contributed by atoms with Gasteiger partial charge in [0, 0.05) is 17.0 Å². The van der Waals surface area contributed by atoms with Crippen LogP contribution in [0.15, 0.2) is 39.8 Å². The molecular weight excluding hydrogens is 456 g/mol. The summed E-state index contributed by atoms with van der Waals surface area (Å²) in [4.78, 5) is 29.4. The molecule has 0 aliphatic rings. The highest BCUT2D eigenvalue weighted by Gasteiger charge is 2.23. The normalized spacial score (nSPS) is 11.3. The van der Waals surface area contributed by atoms with Gasteiger partial charge in [-0.3, -0.25) is 4.79 Å². The molecule has 10 nitrogen and oxygen atoms in total. The highest BCUT2D eigenvalue weighted by molar-refractivity contribution is 7.89. The molecule has 3 aromatic rings. The van der Waals surface area contributed by atoms with Crippen LogP contribution in [0.25, 0.3) is 10.7 Å². The van der Waals surface area contributed by atoms with Crippen molar-refractivity contribution in [1.29, 1.82) is 0 Å². The molecular formula is C20H22N4O6S2. The quantitative estimate of drug-likeness (QED) is 0.447. The Kier molecular flexibility index (Phi) is 7.38. The smallest absolute Gasteiger partial charge is 0.338 e. The lowest BCUT2D eigenvalue weighted by Gasteiger charge is -2.09. The number of aromatic nitrogens is 2. The number of sulfonamides is 1. The number of nitrogens with one attached hydrogen (secondary N) is 2. The van der Waals surface area contributed by atoms with Crippen molar-refractivity contribution in [3.05, 3.63) is 46.7 Å². The first-order valence-corrected chi connectivity index (χ1v) is 12.0. The van der Waals surface area contributed by atoms with E-state index in [1.54, 1.807) is 32.0 Å². The summed E-state index contributed by atoms with van der Waals surface area (Å²) >= 11 is 1.21. The number of hydrogen-bond acceptors (Lipinski definition) is 9. The highest BCUT2D eigenvalue weighted by Crippen LogP contribution is 2.32. The van der Waals surface area contributed by atoms with Crippen LogP contribution < -0.4 is 10.0 Å². The lowest BCUT2D eigenvalue weighted by molar-refractivity contribution is -0.115. The molecule has 32 heavy (non-hydrogen) atoms. The van der Waals surface area contributed by atoms with Gasteiger partial charge in [0.05, 0.1) is 28.5 Å². The van der Waals surface area contributed by atoms with Crippen LogP contribution >= 0.6 is 11.3 Å². The number of thiophene rings is 1. The fraction of sp³-hybridized carbons (Fsp3) is 0.300. The summed E-state index contributed by atoms with van der Waals surface area (Å²) < 4.78 is 37.7. The predicted octanol–water partition coefficient (Wildman–Crippen LogP) is 2.76. The van der Waals surface area contributed by atoms with Crippen LogP contribution in [0.4, 0.5) is 5.69 Å². The molecule has 2 heterocycles. The number of hydrogen-bond donors (Lipinski definition) is 2.